The molecule has 182 valence electrons. The van der Waals surface area contributed by atoms with Crippen LogP contribution in [0.3, 0.4) is 0 Å². The second-order valence-electron chi connectivity index (χ2n) is 7.97. The molecule has 0 saturated heterocycles. The first-order valence-corrected chi connectivity index (χ1v) is 10.7. The summed E-state index contributed by atoms with van der Waals surface area (Å²) in [6.07, 6.45) is -2.98. The Bertz CT molecular complexity index is 1210. The molecule has 1 heterocycles. The number of nitrogens with zero attached hydrogens (tertiary/aromatic N) is 1. The van der Waals surface area contributed by atoms with E-state index in [4.69, 9.17) is 0 Å². The van der Waals surface area contributed by atoms with Crippen LogP contribution in [0.5, 0.6) is 5.75 Å². The third kappa shape index (κ3) is 5.45. The SMILES string of the molecule is C[C@@H](NC1=C[C@@H](c2cccc(C(F)(F)F)c2)N(c2ccc(OC(F)F)cc2)C1=O)c1ccccc1. The maximum Gasteiger partial charge on any atom is 0.416 e. The van der Waals surface area contributed by atoms with E-state index < -0.39 is 30.3 Å². The predicted molar refractivity (Wildman–Crippen MR) is 121 cm³/mol. The largest absolute Gasteiger partial charge is 0.435 e. The van der Waals surface area contributed by atoms with Gasteiger partial charge in [-0.05, 0) is 60.5 Å². The molecule has 0 spiro atoms. The minimum atomic E-state index is -4.55. The van der Waals surface area contributed by atoms with Gasteiger partial charge in [0.1, 0.15) is 5.75 Å². The first-order chi connectivity index (χ1) is 16.6. The van der Waals surface area contributed by atoms with E-state index in [-0.39, 0.29) is 23.1 Å². The minimum absolute atomic E-state index is 0.102. The number of benzene rings is 3. The van der Waals surface area contributed by atoms with Crippen LogP contribution in [0.15, 0.2) is 90.6 Å². The quantitative estimate of drug-likeness (QED) is 0.380. The van der Waals surface area contributed by atoms with Crippen molar-refractivity contribution in [1.29, 1.82) is 0 Å². The molecule has 9 heteroatoms. The van der Waals surface area contributed by atoms with Gasteiger partial charge in [0.25, 0.3) is 5.91 Å². The standard InChI is InChI=1S/C26H21F5N2O2/c1-16(17-6-3-2-4-7-17)32-22-15-23(18-8-5-9-19(14-18)26(29,30)31)33(24(22)34)20-10-12-21(13-11-20)35-25(27)28/h2-16,23,25,32H,1H3/t16-,23+/m1/s1. The molecule has 4 rings (SSSR count). The molecule has 3 aromatic carbocycles. The van der Waals surface area contributed by atoms with Crippen LogP contribution in [-0.2, 0) is 11.0 Å². The Morgan fingerprint density at radius 1 is 0.943 bits per heavy atom. The molecule has 1 aliphatic rings. The first-order valence-electron chi connectivity index (χ1n) is 10.7. The van der Waals surface area contributed by atoms with Crippen LogP contribution in [0, 0.1) is 0 Å². The number of carbonyl (C=O) groups is 1. The number of halogens is 5. The maximum absolute atomic E-state index is 13.4. The van der Waals surface area contributed by atoms with Crippen LogP contribution in [0.25, 0.3) is 0 Å². The molecule has 0 bridgehead atoms. The second kappa shape index (κ2) is 9.77. The maximum atomic E-state index is 13.4. The van der Waals surface area contributed by atoms with Gasteiger partial charge < -0.3 is 10.1 Å². The zero-order chi connectivity index (χ0) is 25.2. The molecule has 0 saturated carbocycles. The minimum Gasteiger partial charge on any atom is -0.435 e. The second-order valence-corrected chi connectivity index (χ2v) is 7.97. The van der Waals surface area contributed by atoms with Crippen LogP contribution < -0.4 is 15.0 Å². The molecule has 0 aromatic heterocycles. The van der Waals surface area contributed by atoms with Crippen LogP contribution in [-0.4, -0.2) is 12.5 Å². The Balaban J connectivity index is 1.70. The lowest BCUT2D eigenvalue weighted by Gasteiger charge is -2.26. The highest BCUT2D eigenvalue weighted by Gasteiger charge is 2.37. The van der Waals surface area contributed by atoms with Crippen molar-refractivity contribution < 1.29 is 31.5 Å². The molecule has 1 aliphatic heterocycles. The molecule has 0 unspecified atom stereocenters. The summed E-state index contributed by atoms with van der Waals surface area (Å²) in [5, 5.41) is 3.15. The Hall–Kier alpha value is -3.88. The van der Waals surface area contributed by atoms with Crippen molar-refractivity contribution in [3.05, 3.63) is 107 Å². The molecule has 3 aromatic rings. The highest BCUT2D eigenvalue weighted by Crippen LogP contribution is 2.38. The lowest BCUT2D eigenvalue weighted by atomic mass is 10.0. The third-order valence-electron chi connectivity index (χ3n) is 5.62. The average molecular weight is 488 g/mol. The summed E-state index contributed by atoms with van der Waals surface area (Å²) in [4.78, 5) is 14.7. The Kier molecular flexibility index (Phi) is 6.77. The van der Waals surface area contributed by atoms with E-state index in [1.807, 2.05) is 37.3 Å². The monoisotopic (exact) mass is 488 g/mol. The summed E-state index contributed by atoms with van der Waals surface area (Å²) in [6, 6.07) is 18.4. The number of hydrogen-bond donors (Lipinski definition) is 1. The summed E-state index contributed by atoms with van der Waals surface area (Å²) < 4.78 is 69.5. The van der Waals surface area contributed by atoms with Crippen molar-refractivity contribution >= 4 is 11.6 Å². The third-order valence-corrected chi connectivity index (χ3v) is 5.62. The topological polar surface area (TPSA) is 41.6 Å². The number of hydrogen-bond acceptors (Lipinski definition) is 3. The molecule has 1 N–H and O–H groups in total. The number of rotatable bonds is 7. The summed E-state index contributed by atoms with van der Waals surface area (Å²) in [5.74, 6) is -0.562. The number of ether oxygens (including phenoxy) is 1. The molecule has 0 radical (unpaired) electrons. The van der Waals surface area contributed by atoms with Gasteiger partial charge in [-0.25, -0.2) is 0 Å². The molecule has 35 heavy (non-hydrogen) atoms. The van der Waals surface area contributed by atoms with Crippen molar-refractivity contribution in [2.75, 3.05) is 4.90 Å². The van der Waals surface area contributed by atoms with Gasteiger partial charge in [0.05, 0.1) is 17.3 Å². The van der Waals surface area contributed by atoms with Crippen molar-refractivity contribution in [3.8, 4) is 5.75 Å². The van der Waals surface area contributed by atoms with Gasteiger partial charge in [0, 0.05) is 11.7 Å². The molecule has 4 nitrogen and oxygen atoms in total. The van der Waals surface area contributed by atoms with Crippen molar-refractivity contribution in [1.82, 2.24) is 5.32 Å². The van der Waals surface area contributed by atoms with Gasteiger partial charge in [-0.1, -0.05) is 42.5 Å². The number of amides is 1. The highest BCUT2D eigenvalue weighted by atomic mass is 19.4. The van der Waals surface area contributed by atoms with Gasteiger partial charge in [-0.2, -0.15) is 22.0 Å². The van der Waals surface area contributed by atoms with E-state index in [0.717, 1.165) is 17.7 Å². The van der Waals surface area contributed by atoms with Crippen LogP contribution in [0.1, 0.15) is 35.7 Å². The Morgan fingerprint density at radius 2 is 1.63 bits per heavy atom. The molecule has 0 aliphatic carbocycles. The predicted octanol–water partition coefficient (Wildman–Crippen LogP) is 6.63. The lowest BCUT2D eigenvalue weighted by molar-refractivity contribution is -0.137. The van der Waals surface area contributed by atoms with Gasteiger partial charge in [-0.15, -0.1) is 0 Å². The first kappa shape index (κ1) is 24.3. The van der Waals surface area contributed by atoms with Crippen LogP contribution >= 0.6 is 0 Å². The molecule has 0 fully saturated rings. The van der Waals surface area contributed by atoms with Crippen molar-refractivity contribution in [3.63, 3.8) is 0 Å². The normalized spacial score (nSPS) is 16.9. The van der Waals surface area contributed by atoms with E-state index >= 15 is 0 Å². The molecule has 2 atom stereocenters. The summed E-state index contributed by atoms with van der Waals surface area (Å²) >= 11 is 0. The zero-order valence-corrected chi connectivity index (χ0v) is 18.5. The van der Waals surface area contributed by atoms with E-state index in [2.05, 4.69) is 10.1 Å². The van der Waals surface area contributed by atoms with Crippen molar-refractivity contribution in [2.45, 2.75) is 31.8 Å². The van der Waals surface area contributed by atoms with Gasteiger partial charge in [0.15, 0.2) is 0 Å². The number of nitrogens with one attached hydrogen (secondary N) is 1. The smallest absolute Gasteiger partial charge is 0.416 e. The fourth-order valence-corrected chi connectivity index (χ4v) is 3.94. The van der Waals surface area contributed by atoms with Crippen molar-refractivity contribution in [2.24, 2.45) is 0 Å². The van der Waals surface area contributed by atoms with Gasteiger partial charge >= 0.3 is 12.8 Å². The average Bonchev–Trinajstić information content (AvgIpc) is 3.15. The fraction of sp³-hybridized carbons (Fsp3) is 0.192. The Morgan fingerprint density at radius 3 is 2.26 bits per heavy atom. The lowest BCUT2D eigenvalue weighted by Crippen LogP contribution is -2.33. The Labute approximate surface area is 198 Å². The number of carbonyl (C=O) groups excluding carboxylic acids is 1. The van der Waals surface area contributed by atoms with E-state index in [1.54, 1.807) is 6.08 Å². The highest BCUT2D eigenvalue weighted by molar-refractivity contribution is 6.09. The molecule has 1 amide bonds. The van der Waals surface area contributed by atoms with E-state index in [9.17, 15) is 26.7 Å². The number of anilines is 1. The number of alkyl halides is 5. The van der Waals surface area contributed by atoms with E-state index in [0.29, 0.717) is 5.69 Å². The summed E-state index contributed by atoms with van der Waals surface area (Å²) in [6.45, 7) is -1.15. The van der Waals surface area contributed by atoms with Crippen LogP contribution in [0.2, 0.25) is 0 Å². The van der Waals surface area contributed by atoms with Gasteiger partial charge in [0.2, 0.25) is 0 Å². The van der Waals surface area contributed by atoms with Crippen LogP contribution in [0.4, 0.5) is 27.6 Å². The fourth-order valence-electron chi connectivity index (χ4n) is 3.94. The molecular formula is C26H21F5N2O2. The van der Waals surface area contributed by atoms with Gasteiger partial charge in [-0.3, -0.25) is 9.69 Å². The zero-order valence-electron chi connectivity index (χ0n) is 18.5. The summed E-state index contributed by atoms with van der Waals surface area (Å²) in [7, 11) is 0. The van der Waals surface area contributed by atoms with E-state index in [1.165, 1.54) is 41.3 Å². The molecular weight excluding hydrogens is 467 g/mol. The summed E-state index contributed by atoms with van der Waals surface area (Å²) in [5.41, 5.74) is 0.876.